The summed E-state index contributed by atoms with van der Waals surface area (Å²) in [4.78, 5) is 29.3. The molecule has 2 rings (SSSR count). The molecule has 7 heteroatoms. The van der Waals surface area contributed by atoms with Crippen LogP contribution in [0.2, 0.25) is 5.02 Å². The highest BCUT2D eigenvalue weighted by atomic mass is 35.5. The molecule has 1 saturated heterocycles. The number of halogens is 2. The molecule has 1 aliphatic rings. The van der Waals surface area contributed by atoms with Crippen molar-refractivity contribution >= 4 is 23.4 Å². The molecule has 0 aliphatic carbocycles. The fourth-order valence-electron chi connectivity index (χ4n) is 2.89. The van der Waals surface area contributed by atoms with Crippen molar-refractivity contribution in [2.45, 2.75) is 26.3 Å². The van der Waals surface area contributed by atoms with Crippen LogP contribution in [0.3, 0.4) is 0 Å². The molecule has 1 aliphatic heterocycles. The minimum Gasteiger partial charge on any atom is -0.340 e. The van der Waals surface area contributed by atoms with Crippen LogP contribution in [-0.2, 0) is 4.79 Å². The Labute approximate surface area is 153 Å². The third-order valence-electron chi connectivity index (χ3n) is 4.32. The molecule has 1 heterocycles. The summed E-state index contributed by atoms with van der Waals surface area (Å²) in [5.74, 6) is -1.27. The van der Waals surface area contributed by atoms with Gasteiger partial charge in [-0.05, 0) is 31.5 Å². The number of amides is 2. The van der Waals surface area contributed by atoms with Crippen LogP contribution in [0.25, 0.3) is 0 Å². The minimum atomic E-state index is -0.694. The average Bonchev–Trinajstić information content (AvgIpc) is 2.53. The van der Waals surface area contributed by atoms with Crippen LogP contribution in [0.15, 0.2) is 18.2 Å². The van der Waals surface area contributed by atoms with E-state index in [1.54, 1.807) is 4.90 Å². The van der Waals surface area contributed by atoms with E-state index in [-0.39, 0.29) is 22.4 Å². The van der Waals surface area contributed by atoms with Gasteiger partial charge in [-0.1, -0.05) is 31.5 Å². The monoisotopic (exact) mass is 369 g/mol. The lowest BCUT2D eigenvalue weighted by Gasteiger charge is -2.35. The Morgan fingerprint density at radius 2 is 1.88 bits per heavy atom. The van der Waals surface area contributed by atoms with Crippen molar-refractivity contribution in [2.24, 2.45) is 5.92 Å². The number of piperazine rings is 1. The van der Waals surface area contributed by atoms with Gasteiger partial charge in [-0.25, -0.2) is 4.39 Å². The van der Waals surface area contributed by atoms with Gasteiger partial charge < -0.3 is 15.1 Å². The second kappa shape index (κ2) is 8.63. The molecule has 1 N–H and O–H groups in total. The highest BCUT2D eigenvalue weighted by Crippen LogP contribution is 2.20. The molecule has 0 bridgehead atoms. The van der Waals surface area contributed by atoms with Crippen molar-refractivity contribution in [3.8, 4) is 0 Å². The first kappa shape index (κ1) is 19.7. The Morgan fingerprint density at radius 3 is 2.44 bits per heavy atom. The zero-order valence-electron chi connectivity index (χ0n) is 14.9. The highest BCUT2D eigenvalue weighted by Gasteiger charge is 2.29. The van der Waals surface area contributed by atoms with Crippen molar-refractivity contribution in [2.75, 3.05) is 33.2 Å². The van der Waals surface area contributed by atoms with Gasteiger partial charge in [-0.3, -0.25) is 9.59 Å². The van der Waals surface area contributed by atoms with E-state index in [4.69, 9.17) is 11.6 Å². The maximum absolute atomic E-state index is 14.0. The number of carbonyl (C=O) groups excluding carboxylic acids is 2. The predicted molar refractivity (Wildman–Crippen MR) is 96.2 cm³/mol. The molecule has 1 aromatic carbocycles. The van der Waals surface area contributed by atoms with E-state index < -0.39 is 17.8 Å². The van der Waals surface area contributed by atoms with E-state index in [0.717, 1.165) is 13.1 Å². The van der Waals surface area contributed by atoms with Gasteiger partial charge in [-0.2, -0.15) is 0 Å². The fraction of sp³-hybridized carbons (Fsp3) is 0.556. The summed E-state index contributed by atoms with van der Waals surface area (Å²) in [5.41, 5.74) is -0.218. The molecule has 0 aromatic heterocycles. The summed E-state index contributed by atoms with van der Waals surface area (Å²) in [6.45, 7) is 6.81. The number of nitrogens with one attached hydrogen (secondary N) is 1. The van der Waals surface area contributed by atoms with Gasteiger partial charge in [0.1, 0.15) is 11.9 Å². The number of hydrogen-bond donors (Lipinski definition) is 1. The lowest BCUT2D eigenvalue weighted by atomic mass is 10.0. The van der Waals surface area contributed by atoms with Crippen LogP contribution in [0.5, 0.6) is 0 Å². The Balaban J connectivity index is 2.14. The third kappa shape index (κ3) is 5.16. The van der Waals surface area contributed by atoms with Gasteiger partial charge in [0, 0.05) is 26.2 Å². The van der Waals surface area contributed by atoms with Crippen LogP contribution in [0.4, 0.5) is 4.39 Å². The van der Waals surface area contributed by atoms with E-state index in [1.165, 1.54) is 18.2 Å². The van der Waals surface area contributed by atoms with Crippen molar-refractivity contribution in [1.29, 1.82) is 0 Å². The van der Waals surface area contributed by atoms with E-state index in [1.807, 2.05) is 20.9 Å². The predicted octanol–water partition coefficient (Wildman–Crippen LogP) is 2.40. The Kier molecular flexibility index (Phi) is 6.79. The first-order chi connectivity index (χ1) is 11.8. The fourth-order valence-corrected chi connectivity index (χ4v) is 3.13. The quantitative estimate of drug-likeness (QED) is 0.867. The van der Waals surface area contributed by atoms with Crippen molar-refractivity contribution < 1.29 is 14.0 Å². The van der Waals surface area contributed by atoms with Crippen LogP contribution < -0.4 is 5.32 Å². The second-order valence-electron chi connectivity index (χ2n) is 6.88. The maximum Gasteiger partial charge on any atom is 0.256 e. The van der Waals surface area contributed by atoms with Crippen LogP contribution in [0.1, 0.15) is 30.6 Å². The molecule has 0 spiro atoms. The zero-order chi connectivity index (χ0) is 18.6. The van der Waals surface area contributed by atoms with Crippen molar-refractivity contribution in [3.05, 3.63) is 34.6 Å². The molecule has 1 atom stereocenters. The Morgan fingerprint density at radius 1 is 1.24 bits per heavy atom. The van der Waals surface area contributed by atoms with Crippen LogP contribution >= 0.6 is 11.6 Å². The molecule has 0 saturated carbocycles. The third-order valence-corrected chi connectivity index (χ3v) is 4.63. The van der Waals surface area contributed by atoms with Gasteiger partial charge in [0.2, 0.25) is 5.91 Å². The summed E-state index contributed by atoms with van der Waals surface area (Å²) >= 11 is 5.96. The lowest BCUT2D eigenvalue weighted by Crippen LogP contribution is -2.54. The maximum atomic E-state index is 14.0. The van der Waals surface area contributed by atoms with E-state index >= 15 is 0 Å². The van der Waals surface area contributed by atoms with Crippen molar-refractivity contribution in [1.82, 2.24) is 15.1 Å². The second-order valence-corrected chi connectivity index (χ2v) is 7.29. The molecule has 5 nitrogen and oxygen atoms in total. The standard InChI is InChI=1S/C18H25ClFN3O2/c1-12(2)11-15(18(25)23-9-7-22(3)8-10-23)21-17(24)16-13(19)5-4-6-14(16)20/h4-6,12,15H,7-11H2,1-3H3,(H,21,24)/t15-/m0/s1. The minimum absolute atomic E-state index is 0.0350. The van der Waals surface area contributed by atoms with Gasteiger partial charge in [0.25, 0.3) is 5.91 Å². The van der Waals surface area contributed by atoms with Gasteiger partial charge in [0.15, 0.2) is 0 Å². The summed E-state index contributed by atoms with van der Waals surface area (Å²) in [5, 5.41) is 2.72. The molecule has 1 fully saturated rings. The van der Waals surface area contributed by atoms with E-state index in [0.29, 0.717) is 19.5 Å². The Hall–Kier alpha value is -1.66. The molecular weight excluding hydrogens is 345 g/mol. The molecule has 0 unspecified atom stereocenters. The average molecular weight is 370 g/mol. The summed E-state index contributed by atoms with van der Waals surface area (Å²) in [6.07, 6.45) is 0.489. The normalized spacial score (nSPS) is 16.8. The highest BCUT2D eigenvalue weighted by molar-refractivity contribution is 6.33. The first-order valence-electron chi connectivity index (χ1n) is 8.51. The lowest BCUT2D eigenvalue weighted by molar-refractivity contribution is -0.135. The largest absolute Gasteiger partial charge is 0.340 e. The van der Waals surface area contributed by atoms with Crippen LogP contribution in [0, 0.1) is 11.7 Å². The Bertz CT molecular complexity index is 610. The molecule has 138 valence electrons. The van der Waals surface area contributed by atoms with Gasteiger partial charge in [-0.15, -0.1) is 0 Å². The SMILES string of the molecule is CC(C)C[C@H](NC(=O)c1c(F)cccc1Cl)C(=O)N1CCN(C)CC1. The number of carbonyl (C=O) groups is 2. The topological polar surface area (TPSA) is 52.7 Å². The van der Waals surface area contributed by atoms with Gasteiger partial charge in [0.05, 0.1) is 10.6 Å². The number of hydrogen-bond acceptors (Lipinski definition) is 3. The molecule has 2 amide bonds. The van der Waals surface area contributed by atoms with E-state index in [2.05, 4.69) is 10.2 Å². The van der Waals surface area contributed by atoms with Gasteiger partial charge >= 0.3 is 0 Å². The molecule has 1 aromatic rings. The molecule has 0 radical (unpaired) electrons. The summed E-state index contributed by atoms with van der Waals surface area (Å²) < 4.78 is 14.0. The number of rotatable bonds is 5. The summed E-state index contributed by atoms with van der Waals surface area (Å²) in [7, 11) is 2.01. The smallest absolute Gasteiger partial charge is 0.256 e. The summed E-state index contributed by atoms with van der Waals surface area (Å²) in [6, 6.07) is 3.39. The first-order valence-corrected chi connectivity index (χ1v) is 8.89. The van der Waals surface area contributed by atoms with Crippen LogP contribution in [-0.4, -0.2) is 60.9 Å². The zero-order valence-corrected chi connectivity index (χ0v) is 15.6. The van der Waals surface area contributed by atoms with E-state index in [9.17, 15) is 14.0 Å². The molecule has 25 heavy (non-hydrogen) atoms. The number of likely N-dealkylation sites (N-methyl/N-ethyl adjacent to an activating group) is 1. The number of benzene rings is 1. The number of nitrogens with zero attached hydrogens (tertiary/aromatic N) is 2. The molecular formula is C18H25ClFN3O2. The van der Waals surface area contributed by atoms with Crippen molar-refractivity contribution in [3.63, 3.8) is 0 Å².